The van der Waals surface area contributed by atoms with Crippen LogP contribution in [-0.2, 0) is 31.2 Å². The maximum atomic E-state index is 12.3. The largest absolute Gasteiger partial charge is 0.350 e. The van der Waals surface area contributed by atoms with Gasteiger partial charge in [0.25, 0.3) is 0 Å². The van der Waals surface area contributed by atoms with Crippen LogP contribution in [0.25, 0.3) is 0 Å². The Morgan fingerprint density at radius 1 is 1.43 bits per heavy atom. The Labute approximate surface area is 132 Å². The van der Waals surface area contributed by atoms with Crippen molar-refractivity contribution in [3.05, 3.63) is 51.8 Å². The zero-order valence-corrected chi connectivity index (χ0v) is 13.6. The summed E-state index contributed by atoms with van der Waals surface area (Å²) in [6.07, 6.45) is 4.64. The number of fused-ring (bicyclic) bond motifs is 1. The van der Waals surface area contributed by atoms with Crippen LogP contribution in [0.3, 0.4) is 0 Å². The van der Waals surface area contributed by atoms with Crippen molar-refractivity contribution in [2.45, 2.75) is 25.8 Å². The fourth-order valence-electron chi connectivity index (χ4n) is 2.86. The molecule has 21 heavy (non-hydrogen) atoms. The van der Waals surface area contributed by atoms with Crippen molar-refractivity contribution in [2.24, 2.45) is 13.0 Å². The summed E-state index contributed by atoms with van der Waals surface area (Å²) < 4.78 is 2.67. The second-order valence-electron chi connectivity index (χ2n) is 5.52. The number of rotatable bonds is 3. The molecule has 1 amide bonds. The number of nitrogens with zero attached hydrogens (tertiary/aromatic N) is 2. The highest BCUT2D eigenvalue weighted by atomic mass is 79.9. The van der Waals surface area contributed by atoms with Gasteiger partial charge in [0.05, 0.1) is 16.7 Å². The van der Waals surface area contributed by atoms with E-state index in [-0.39, 0.29) is 11.8 Å². The van der Waals surface area contributed by atoms with Crippen molar-refractivity contribution in [1.82, 2.24) is 15.1 Å². The molecular weight excluding hydrogens is 330 g/mol. The first-order chi connectivity index (χ1) is 10.1. The number of hydrogen-bond donors (Lipinski definition) is 1. The summed E-state index contributed by atoms with van der Waals surface area (Å²) in [7, 11) is 1.87. The van der Waals surface area contributed by atoms with Crippen molar-refractivity contribution in [3.63, 3.8) is 0 Å². The van der Waals surface area contributed by atoms with Gasteiger partial charge in [0.1, 0.15) is 0 Å². The van der Waals surface area contributed by atoms with E-state index >= 15 is 0 Å². The zero-order chi connectivity index (χ0) is 14.8. The van der Waals surface area contributed by atoms with E-state index < -0.39 is 0 Å². The molecule has 1 aliphatic rings. The molecule has 1 atom stereocenters. The van der Waals surface area contributed by atoms with E-state index in [1.807, 2.05) is 19.3 Å². The molecule has 1 N–H and O–H groups in total. The Morgan fingerprint density at radius 2 is 2.19 bits per heavy atom. The van der Waals surface area contributed by atoms with E-state index in [9.17, 15) is 4.79 Å². The van der Waals surface area contributed by atoms with Gasteiger partial charge in [0.2, 0.25) is 5.91 Å². The number of carbonyl (C=O) groups is 1. The van der Waals surface area contributed by atoms with Gasteiger partial charge in [-0.25, -0.2) is 0 Å². The Bertz CT molecular complexity index is 665. The van der Waals surface area contributed by atoms with Gasteiger partial charge in [0, 0.05) is 19.2 Å². The maximum absolute atomic E-state index is 12.3. The zero-order valence-electron chi connectivity index (χ0n) is 12.0. The second kappa shape index (κ2) is 6.02. The molecule has 1 aromatic carbocycles. The summed E-state index contributed by atoms with van der Waals surface area (Å²) in [6.45, 7) is 0.471. The Morgan fingerprint density at radius 3 is 2.90 bits per heavy atom. The Kier molecular flexibility index (Phi) is 4.10. The first-order valence-corrected chi connectivity index (χ1v) is 7.95. The average molecular weight is 348 g/mol. The molecule has 0 saturated carbocycles. The van der Waals surface area contributed by atoms with Crippen molar-refractivity contribution < 1.29 is 4.79 Å². The van der Waals surface area contributed by atoms with Crippen LogP contribution >= 0.6 is 15.9 Å². The fourth-order valence-corrected chi connectivity index (χ4v) is 3.38. The highest BCUT2D eigenvalue weighted by Gasteiger charge is 2.24. The average Bonchev–Trinajstić information content (AvgIpc) is 2.82. The molecule has 110 valence electrons. The highest BCUT2D eigenvalue weighted by molar-refractivity contribution is 9.10. The quantitative estimate of drug-likeness (QED) is 0.927. The number of nitrogens with one attached hydrogen (secondary N) is 1. The van der Waals surface area contributed by atoms with Crippen LogP contribution in [0.4, 0.5) is 0 Å². The predicted molar refractivity (Wildman–Crippen MR) is 84.7 cm³/mol. The first kappa shape index (κ1) is 14.3. The van der Waals surface area contributed by atoms with Gasteiger partial charge in [-0.05, 0) is 46.3 Å². The van der Waals surface area contributed by atoms with Crippen molar-refractivity contribution in [2.75, 3.05) is 0 Å². The molecule has 1 aromatic heterocycles. The van der Waals surface area contributed by atoms with E-state index in [1.54, 1.807) is 4.68 Å². The van der Waals surface area contributed by atoms with Crippen molar-refractivity contribution in [1.29, 1.82) is 0 Å². The van der Waals surface area contributed by atoms with Crippen LogP contribution in [0.1, 0.15) is 23.2 Å². The lowest BCUT2D eigenvalue weighted by molar-refractivity contribution is -0.125. The summed E-state index contributed by atoms with van der Waals surface area (Å²) in [5, 5.41) is 7.33. The summed E-state index contributed by atoms with van der Waals surface area (Å²) in [4.78, 5) is 12.3. The van der Waals surface area contributed by atoms with E-state index in [0.29, 0.717) is 6.54 Å². The third-order valence-electron chi connectivity index (χ3n) is 4.00. The van der Waals surface area contributed by atoms with Gasteiger partial charge < -0.3 is 5.32 Å². The van der Waals surface area contributed by atoms with Gasteiger partial charge in [-0.15, -0.1) is 0 Å². The third kappa shape index (κ3) is 3.18. The number of carbonyl (C=O) groups excluding carboxylic acids is 1. The number of amides is 1. The normalized spacial score (nSPS) is 17.3. The standard InChI is InChI=1S/C16H18BrN3O/c1-20-10-14(17)15(19-20)9-18-16(21)13-7-6-11-4-2-3-5-12(11)8-13/h2-5,10,13H,6-9H2,1H3,(H,18,21). The number of hydrogen-bond acceptors (Lipinski definition) is 2. The van der Waals surface area contributed by atoms with Crippen molar-refractivity contribution >= 4 is 21.8 Å². The maximum Gasteiger partial charge on any atom is 0.223 e. The lowest BCUT2D eigenvalue weighted by atomic mass is 9.83. The molecule has 1 aliphatic carbocycles. The number of halogens is 1. The van der Waals surface area contributed by atoms with Crippen LogP contribution in [0.5, 0.6) is 0 Å². The monoisotopic (exact) mass is 347 g/mol. The number of aryl methyl sites for hydroxylation is 2. The molecule has 0 aliphatic heterocycles. The SMILES string of the molecule is Cn1cc(Br)c(CNC(=O)C2CCc3ccccc3C2)n1. The highest BCUT2D eigenvalue weighted by Crippen LogP contribution is 2.25. The summed E-state index contributed by atoms with van der Waals surface area (Å²) in [5.74, 6) is 0.199. The number of aromatic nitrogens is 2. The molecule has 0 bridgehead atoms. The molecule has 2 aromatic rings. The molecule has 0 fully saturated rings. The van der Waals surface area contributed by atoms with Crippen LogP contribution in [0.2, 0.25) is 0 Å². The molecule has 5 heteroatoms. The van der Waals surface area contributed by atoms with Crippen LogP contribution in [0, 0.1) is 5.92 Å². The Hall–Kier alpha value is -1.62. The molecular formula is C16H18BrN3O. The van der Waals surface area contributed by atoms with Gasteiger partial charge in [0.15, 0.2) is 0 Å². The van der Waals surface area contributed by atoms with Crippen LogP contribution in [0.15, 0.2) is 34.9 Å². The minimum atomic E-state index is 0.0717. The topological polar surface area (TPSA) is 46.9 Å². The van der Waals surface area contributed by atoms with E-state index in [0.717, 1.165) is 29.4 Å². The van der Waals surface area contributed by atoms with Crippen LogP contribution < -0.4 is 5.32 Å². The minimum absolute atomic E-state index is 0.0717. The molecule has 1 unspecified atom stereocenters. The molecule has 0 radical (unpaired) electrons. The molecule has 1 heterocycles. The predicted octanol–water partition coefficient (Wildman–Crippen LogP) is 2.60. The number of benzene rings is 1. The summed E-state index contributed by atoms with van der Waals surface area (Å²) in [6, 6.07) is 8.40. The van der Waals surface area contributed by atoms with Gasteiger partial charge in [-0.3, -0.25) is 9.48 Å². The molecule has 4 nitrogen and oxygen atoms in total. The lowest BCUT2D eigenvalue weighted by Crippen LogP contribution is -2.33. The molecule has 0 spiro atoms. The summed E-state index contributed by atoms with van der Waals surface area (Å²) >= 11 is 3.45. The molecule has 3 rings (SSSR count). The Balaban J connectivity index is 1.61. The summed E-state index contributed by atoms with van der Waals surface area (Å²) in [5.41, 5.74) is 3.55. The smallest absolute Gasteiger partial charge is 0.223 e. The van der Waals surface area contributed by atoms with E-state index in [2.05, 4.69) is 44.5 Å². The molecule has 0 saturated heterocycles. The van der Waals surface area contributed by atoms with E-state index in [4.69, 9.17) is 0 Å². The van der Waals surface area contributed by atoms with Gasteiger partial charge in [-0.1, -0.05) is 24.3 Å². The van der Waals surface area contributed by atoms with E-state index in [1.165, 1.54) is 11.1 Å². The minimum Gasteiger partial charge on any atom is -0.350 e. The fraction of sp³-hybridized carbons (Fsp3) is 0.375. The van der Waals surface area contributed by atoms with Gasteiger partial charge in [-0.2, -0.15) is 5.10 Å². The van der Waals surface area contributed by atoms with Gasteiger partial charge >= 0.3 is 0 Å². The third-order valence-corrected chi connectivity index (χ3v) is 4.66. The van der Waals surface area contributed by atoms with Crippen LogP contribution in [-0.4, -0.2) is 15.7 Å². The first-order valence-electron chi connectivity index (χ1n) is 7.16. The van der Waals surface area contributed by atoms with Crippen molar-refractivity contribution in [3.8, 4) is 0 Å². The lowest BCUT2D eigenvalue weighted by Gasteiger charge is -2.23. The second-order valence-corrected chi connectivity index (χ2v) is 6.38.